The van der Waals surface area contributed by atoms with Crippen LogP contribution in [0.4, 0.5) is 0 Å². The van der Waals surface area contributed by atoms with Crippen LogP contribution in [-0.2, 0) is 14.4 Å². The van der Waals surface area contributed by atoms with Crippen molar-refractivity contribution < 1.29 is 14.4 Å². The first-order chi connectivity index (χ1) is 13.6. The lowest BCUT2D eigenvalue weighted by atomic mass is 9.95. The van der Waals surface area contributed by atoms with Gasteiger partial charge in [-0.1, -0.05) is 85.5 Å². The van der Waals surface area contributed by atoms with Crippen molar-refractivity contribution in [1.29, 1.82) is 0 Å². The molecule has 0 aromatic heterocycles. The summed E-state index contributed by atoms with van der Waals surface area (Å²) in [4.78, 5) is 36.8. The summed E-state index contributed by atoms with van der Waals surface area (Å²) in [6.07, 6.45) is 12.4. The molecule has 0 atom stereocenters. The maximum absolute atomic E-state index is 12.4. The van der Waals surface area contributed by atoms with Crippen LogP contribution in [-0.4, -0.2) is 54.4 Å². The molecule has 0 saturated heterocycles. The summed E-state index contributed by atoms with van der Waals surface area (Å²) < 4.78 is 0. The van der Waals surface area contributed by atoms with E-state index in [1.54, 1.807) is 20.8 Å². The second-order valence-electron chi connectivity index (χ2n) is 8.77. The Labute approximate surface area is 177 Å². The monoisotopic (exact) mass is 412 g/mol. The van der Waals surface area contributed by atoms with Gasteiger partial charge < -0.3 is 11.1 Å². The van der Waals surface area contributed by atoms with E-state index in [0.717, 1.165) is 17.9 Å². The highest BCUT2D eigenvalue weighted by Crippen LogP contribution is 2.17. The van der Waals surface area contributed by atoms with E-state index in [0.29, 0.717) is 6.54 Å². The van der Waals surface area contributed by atoms with Gasteiger partial charge in [0.1, 0.15) is 6.54 Å². The van der Waals surface area contributed by atoms with Crippen LogP contribution < -0.4 is 11.1 Å². The number of hydrazine groups is 1. The van der Waals surface area contributed by atoms with E-state index in [1.165, 1.54) is 63.4 Å². The first kappa shape index (κ1) is 27.4. The van der Waals surface area contributed by atoms with E-state index in [1.807, 2.05) is 0 Å². The predicted molar refractivity (Wildman–Crippen MR) is 118 cm³/mol. The zero-order valence-corrected chi connectivity index (χ0v) is 19.4. The summed E-state index contributed by atoms with van der Waals surface area (Å²) in [6.45, 7) is 7.65. The number of unbranched alkanes of at least 4 members (excludes halogenated alkanes) is 9. The number of nitrogens with one attached hydrogen (secondary N) is 1. The Morgan fingerprint density at radius 2 is 1.34 bits per heavy atom. The third-order valence-corrected chi connectivity index (χ3v) is 4.91. The molecule has 29 heavy (non-hydrogen) atoms. The predicted octanol–water partition coefficient (Wildman–Crippen LogP) is 3.23. The van der Waals surface area contributed by atoms with Gasteiger partial charge in [0, 0.05) is 19.0 Å². The third-order valence-electron chi connectivity index (χ3n) is 4.91. The summed E-state index contributed by atoms with van der Waals surface area (Å²) >= 11 is 0. The van der Waals surface area contributed by atoms with Crippen LogP contribution in [0.3, 0.4) is 0 Å². The second-order valence-corrected chi connectivity index (χ2v) is 8.77. The van der Waals surface area contributed by atoms with E-state index < -0.39 is 11.3 Å². The minimum atomic E-state index is -0.658. The Morgan fingerprint density at radius 1 is 0.862 bits per heavy atom. The minimum absolute atomic E-state index is 0.202. The highest BCUT2D eigenvalue weighted by Gasteiger charge is 2.31. The van der Waals surface area contributed by atoms with Gasteiger partial charge in [-0.25, -0.2) is 5.01 Å². The molecular weight excluding hydrogens is 368 g/mol. The van der Waals surface area contributed by atoms with Gasteiger partial charge in [-0.2, -0.15) is 0 Å². The van der Waals surface area contributed by atoms with Crippen molar-refractivity contribution in [2.45, 2.75) is 91.9 Å². The number of hydrogen-bond acceptors (Lipinski definition) is 4. The summed E-state index contributed by atoms with van der Waals surface area (Å²) in [5.74, 6) is -0.989. The fourth-order valence-electron chi connectivity index (χ4n) is 3.09. The molecule has 0 fully saturated rings. The van der Waals surface area contributed by atoms with Gasteiger partial charge in [-0.05, 0) is 6.42 Å². The van der Waals surface area contributed by atoms with Gasteiger partial charge in [0.2, 0.25) is 11.8 Å². The van der Waals surface area contributed by atoms with Crippen molar-refractivity contribution in [2.24, 2.45) is 11.1 Å². The lowest BCUT2D eigenvalue weighted by Gasteiger charge is -2.35. The van der Waals surface area contributed by atoms with Crippen molar-refractivity contribution in [3.05, 3.63) is 0 Å². The van der Waals surface area contributed by atoms with Crippen LogP contribution in [0.15, 0.2) is 0 Å². The zero-order chi connectivity index (χ0) is 22.3. The summed E-state index contributed by atoms with van der Waals surface area (Å²) in [6, 6.07) is 0. The Hall–Kier alpha value is -1.63. The first-order valence-electron chi connectivity index (χ1n) is 11.2. The Bertz CT molecular complexity index is 489. The standard InChI is InChI=1S/C22H44N4O3/c1-6-7-8-9-10-11-12-13-14-15-16-24-19(27)18-26(20(28)17-23)25(5)21(29)22(2,3)4/h6-18,23H2,1-5H3,(H,24,27). The lowest BCUT2D eigenvalue weighted by molar-refractivity contribution is -0.167. The molecule has 170 valence electrons. The number of nitrogens with zero attached hydrogens (tertiary/aromatic N) is 2. The molecule has 0 aliphatic rings. The average Bonchev–Trinajstić information content (AvgIpc) is 2.67. The van der Waals surface area contributed by atoms with Crippen LogP contribution in [0.25, 0.3) is 0 Å². The van der Waals surface area contributed by atoms with Crippen molar-refractivity contribution in [3.8, 4) is 0 Å². The van der Waals surface area contributed by atoms with Crippen molar-refractivity contribution >= 4 is 17.7 Å². The van der Waals surface area contributed by atoms with Gasteiger partial charge in [-0.3, -0.25) is 19.4 Å². The fourth-order valence-corrected chi connectivity index (χ4v) is 3.09. The molecule has 0 aromatic carbocycles. The summed E-state index contributed by atoms with van der Waals surface area (Å²) in [5.41, 5.74) is 4.79. The van der Waals surface area contributed by atoms with Crippen LogP contribution >= 0.6 is 0 Å². The van der Waals surface area contributed by atoms with Crippen LogP contribution in [0.1, 0.15) is 91.9 Å². The number of hydrogen-bond donors (Lipinski definition) is 2. The molecule has 0 aliphatic heterocycles. The molecule has 0 aromatic rings. The minimum Gasteiger partial charge on any atom is -0.354 e. The highest BCUT2D eigenvalue weighted by atomic mass is 16.2. The molecule has 0 spiro atoms. The smallest absolute Gasteiger partial charge is 0.255 e. The number of carbonyl (C=O) groups is 3. The Morgan fingerprint density at radius 3 is 1.79 bits per heavy atom. The van der Waals surface area contributed by atoms with Crippen LogP contribution in [0.5, 0.6) is 0 Å². The number of rotatable bonds is 14. The number of amides is 3. The average molecular weight is 413 g/mol. The molecule has 3 amide bonds. The number of nitrogens with two attached hydrogens (primary N) is 1. The van der Waals surface area contributed by atoms with E-state index in [4.69, 9.17) is 5.73 Å². The molecular formula is C22H44N4O3. The quantitative estimate of drug-likeness (QED) is 0.338. The number of carbonyl (C=O) groups excluding carboxylic acids is 3. The molecule has 0 saturated carbocycles. The molecule has 0 aliphatic carbocycles. The molecule has 3 N–H and O–H groups in total. The molecule has 7 heteroatoms. The second kappa shape index (κ2) is 15.2. The molecule has 0 bridgehead atoms. The molecule has 0 unspecified atom stereocenters. The van der Waals surface area contributed by atoms with Crippen molar-refractivity contribution in [1.82, 2.24) is 15.3 Å². The van der Waals surface area contributed by atoms with Gasteiger partial charge in [0.15, 0.2) is 0 Å². The fraction of sp³-hybridized carbons (Fsp3) is 0.864. The maximum atomic E-state index is 12.4. The van der Waals surface area contributed by atoms with Crippen LogP contribution in [0.2, 0.25) is 0 Å². The van der Waals surface area contributed by atoms with Crippen LogP contribution in [0, 0.1) is 5.41 Å². The largest absolute Gasteiger partial charge is 0.354 e. The van der Waals surface area contributed by atoms with E-state index >= 15 is 0 Å². The lowest BCUT2D eigenvalue weighted by Crippen LogP contribution is -2.55. The summed E-state index contributed by atoms with van der Waals surface area (Å²) in [7, 11) is 1.50. The SMILES string of the molecule is CCCCCCCCCCCCNC(=O)CN(C(=O)CN)N(C)C(=O)C(C)(C)C. The van der Waals surface area contributed by atoms with E-state index in [-0.39, 0.29) is 24.9 Å². The zero-order valence-electron chi connectivity index (χ0n) is 19.4. The van der Waals surface area contributed by atoms with E-state index in [2.05, 4.69) is 12.2 Å². The van der Waals surface area contributed by atoms with E-state index in [9.17, 15) is 14.4 Å². The van der Waals surface area contributed by atoms with Gasteiger partial charge in [-0.15, -0.1) is 0 Å². The van der Waals surface area contributed by atoms with Gasteiger partial charge >= 0.3 is 0 Å². The van der Waals surface area contributed by atoms with Gasteiger partial charge in [0.05, 0.1) is 6.54 Å². The molecule has 0 heterocycles. The summed E-state index contributed by atoms with van der Waals surface area (Å²) in [5, 5.41) is 5.17. The topological polar surface area (TPSA) is 95.7 Å². The Kier molecular flexibility index (Phi) is 14.4. The third kappa shape index (κ3) is 12.5. The Balaban J connectivity index is 4.12. The molecule has 7 nitrogen and oxygen atoms in total. The van der Waals surface area contributed by atoms with Crippen molar-refractivity contribution in [2.75, 3.05) is 26.7 Å². The van der Waals surface area contributed by atoms with Gasteiger partial charge in [0.25, 0.3) is 5.91 Å². The maximum Gasteiger partial charge on any atom is 0.255 e. The molecule has 0 rings (SSSR count). The molecule has 0 radical (unpaired) electrons. The first-order valence-corrected chi connectivity index (χ1v) is 11.2. The normalized spacial score (nSPS) is 11.2. The van der Waals surface area contributed by atoms with Crippen molar-refractivity contribution in [3.63, 3.8) is 0 Å². The highest BCUT2D eigenvalue weighted by molar-refractivity contribution is 5.89.